The second-order valence-corrected chi connectivity index (χ2v) is 21.0. The smallest absolute Gasteiger partial charge is 0.345 e. The Balaban J connectivity index is 2.46. The molecule has 0 N–H and O–H groups in total. The topological polar surface area (TPSA) is 52.6 Å². The van der Waals surface area contributed by atoms with E-state index in [2.05, 4.69) is 39.3 Å². The minimum atomic E-state index is -1.63. The Labute approximate surface area is 194 Å². The van der Waals surface area contributed by atoms with Gasteiger partial charge in [-0.1, -0.05) is 106 Å². The summed E-state index contributed by atoms with van der Waals surface area (Å²) in [7, 11) is -3.26. The van der Waals surface area contributed by atoms with Gasteiger partial charge in [0.2, 0.25) is 0 Å². The Morgan fingerprint density at radius 3 is 1.38 bits per heavy atom. The van der Waals surface area contributed by atoms with Gasteiger partial charge in [0.1, 0.15) is 5.57 Å². The van der Waals surface area contributed by atoms with E-state index < -0.39 is 28.1 Å². The second-order valence-electron chi connectivity index (χ2n) is 10.2. The zero-order valence-electron chi connectivity index (χ0n) is 20.0. The van der Waals surface area contributed by atoms with E-state index in [1.165, 1.54) is 6.08 Å². The first kappa shape index (κ1) is 25.6. The van der Waals surface area contributed by atoms with Gasteiger partial charge < -0.3 is 9.47 Å². The highest BCUT2D eigenvalue weighted by Gasteiger charge is 2.26. The third-order valence-electron chi connectivity index (χ3n) is 4.30. The van der Waals surface area contributed by atoms with Gasteiger partial charge in [-0.15, -0.1) is 0 Å². The highest BCUT2D eigenvalue weighted by atomic mass is 28.3. The molecule has 0 unspecified atom stereocenters. The van der Waals surface area contributed by atoms with Crippen LogP contribution in [0.25, 0.3) is 5.57 Å². The zero-order valence-corrected chi connectivity index (χ0v) is 22.0. The molecular formula is C26H34O4Si2. The molecule has 0 radical (unpaired) electrons. The molecule has 4 nitrogen and oxygen atoms in total. The molecule has 0 aliphatic carbocycles. The molecular weight excluding hydrogens is 432 g/mol. The molecule has 0 saturated heterocycles. The van der Waals surface area contributed by atoms with Gasteiger partial charge in [-0.25, -0.2) is 9.59 Å². The molecule has 0 aliphatic rings. The van der Waals surface area contributed by atoms with Crippen LogP contribution in [0.3, 0.4) is 0 Å². The van der Waals surface area contributed by atoms with Gasteiger partial charge in [0.25, 0.3) is 0 Å². The minimum Gasteiger partial charge on any atom is -0.466 e. The van der Waals surface area contributed by atoms with Gasteiger partial charge in [0, 0.05) is 0 Å². The Morgan fingerprint density at radius 2 is 1.03 bits per heavy atom. The van der Waals surface area contributed by atoms with E-state index >= 15 is 0 Å². The number of esters is 2. The molecule has 32 heavy (non-hydrogen) atoms. The van der Waals surface area contributed by atoms with Crippen LogP contribution in [0.15, 0.2) is 78.4 Å². The van der Waals surface area contributed by atoms with Crippen molar-refractivity contribution in [3.63, 3.8) is 0 Å². The predicted octanol–water partition coefficient (Wildman–Crippen LogP) is 5.89. The molecule has 170 valence electrons. The SMILES string of the molecule is C[Si](C)(C)COC(=O)C(=CC=C(c1ccccc1)c1ccccc1)C(=O)OC[Si](C)(C)C. The van der Waals surface area contributed by atoms with E-state index in [-0.39, 0.29) is 5.57 Å². The summed E-state index contributed by atoms with van der Waals surface area (Å²) in [6, 6.07) is 19.7. The summed E-state index contributed by atoms with van der Waals surface area (Å²) in [5.74, 6) is -1.27. The molecule has 0 fully saturated rings. The van der Waals surface area contributed by atoms with Crippen molar-refractivity contribution in [2.75, 3.05) is 12.5 Å². The summed E-state index contributed by atoms with van der Waals surface area (Å²) in [5.41, 5.74) is 2.80. The molecule has 0 amide bonds. The van der Waals surface area contributed by atoms with Crippen molar-refractivity contribution in [3.8, 4) is 0 Å². The van der Waals surface area contributed by atoms with Crippen molar-refractivity contribution in [1.29, 1.82) is 0 Å². The molecule has 0 heterocycles. The fraction of sp³-hybridized carbons (Fsp3) is 0.308. The average molecular weight is 467 g/mol. The van der Waals surface area contributed by atoms with E-state index in [1.807, 2.05) is 60.7 Å². The zero-order chi connectivity index (χ0) is 23.8. The fourth-order valence-corrected chi connectivity index (χ4v) is 3.83. The van der Waals surface area contributed by atoms with Crippen LogP contribution in [0, 0.1) is 0 Å². The first-order valence-electron chi connectivity index (χ1n) is 10.8. The quantitative estimate of drug-likeness (QED) is 0.116. The van der Waals surface area contributed by atoms with Crippen LogP contribution in [-0.2, 0) is 19.1 Å². The molecule has 0 aromatic heterocycles. The van der Waals surface area contributed by atoms with Gasteiger partial charge in [-0.3, -0.25) is 0 Å². The number of carbonyl (C=O) groups excluding carboxylic acids is 2. The number of allylic oxidation sites excluding steroid dienone is 2. The fourth-order valence-electron chi connectivity index (χ4n) is 2.70. The maximum Gasteiger partial charge on any atom is 0.345 e. The van der Waals surface area contributed by atoms with Gasteiger partial charge in [0.05, 0.1) is 28.6 Å². The summed E-state index contributed by atoms with van der Waals surface area (Å²) < 4.78 is 11.0. The maximum atomic E-state index is 12.9. The van der Waals surface area contributed by atoms with E-state index in [0.29, 0.717) is 12.5 Å². The molecule has 2 aromatic carbocycles. The first-order valence-corrected chi connectivity index (χ1v) is 18.2. The van der Waals surface area contributed by atoms with Gasteiger partial charge in [0.15, 0.2) is 0 Å². The van der Waals surface area contributed by atoms with Crippen molar-refractivity contribution >= 4 is 33.7 Å². The van der Waals surface area contributed by atoms with Crippen LogP contribution in [-0.4, -0.2) is 40.5 Å². The van der Waals surface area contributed by atoms with Crippen LogP contribution < -0.4 is 0 Å². The number of hydrogen-bond acceptors (Lipinski definition) is 4. The highest BCUT2D eigenvalue weighted by Crippen LogP contribution is 2.24. The molecule has 0 atom stereocenters. The number of ether oxygens (including phenoxy) is 2. The van der Waals surface area contributed by atoms with E-state index in [9.17, 15) is 9.59 Å². The lowest BCUT2D eigenvalue weighted by molar-refractivity contribution is -0.145. The Kier molecular flexibility index (Phi) is 8.98. The molecule has 0 bridgehead atoms. The Bertz CT molecular complexity index is 893. The largest absolute Gasteiger partial charge is 0.466 e. The summed E-state index contributed by atoms with van der Waals surface area (Å²) >= 11 is 0. The Hall–Kier alpha value is -2.71. The minimum absolute atomic E-state index is 0.0779. The number of carbonyl (C=O) groups is 2. The molecule has 6 heteroatoms. The van der Waals surface area contributed by atoms with Crippen molar-refractivity contribution in [3.05, 3.63) is 89.5 Å². The Morgan fingerprint density at radius 1 is 0.656 bits per heavy atom. The predicted molar refractivity (Wildman–Crippen MR) is 137 cm³/mol. The van der Waals surface area contributed by atoms with Gasteiger partial charge in [-0.2, -0.15) is 0 Å². The van der Waals surface area contributed by atoms with Crippen molar-refractivity contribution in [1.82, 2.24) is 0 Å². The number of benzene rings is 2. The summed E-state index contributed by atoms with van der Waals surface area (Å²) in [4.78, 5) is 25.7. The molecule has 2 aromatic rings. The third-order valence-corrected chi connectivity index (χ3v) is 6.32. The highest BCUT2D eigenvalue weighted by molar-refractivity contribution is 6.76. The van der Waals surface area contributed by atoms with Crippen LogP contribution >= 0.6 is 0 Å². The summed E-state index contributed by atoms with van der Waals surface area (Å²) in [5, 5.41) is 0. The lowest BCUT2D eigenvalue weighted by Gasteiger charge is -2.18. The molecule has 2 rings (SSSR count). The number of rotatable bonds is 9. The monoisotopic (exact) mass is 466 g/mol. The molecule has 0 aliphatic heterocycles. The van der Waals surface area contributed by atoms with Crippen LogP contribution in [0.4, 0.5) is 0 Å². The van der Waals surface area contributed by atoms with Crippen molar-refractivity contribution in [2.24, 2.45) is 0 Å². The average Bonchev–Trinajstić information content (AvgIpc) is 2.74. The lowest BCUT2D eigenvalue weighted by Crippen LogP contribution is -2.33. The van der Waals surface area contributed by atoms with Crippen LogP contribution in [0.5, 0.6) is 0 Å². The van der Waals surface area contributed by atoms with Gasteiger partial charge in [-0.05, 0) is 22.8 Å². The van der Waals surface area contributed by atoms with E-state index in [0.717, 1.165) is 16.7 Å². The molecule has 0 saturated carbocycles. The molecule has 0 spiro atoms. The lowest BCUT2D eigenvalue weighted by atomic mass is 9.97. The maximum absolute atomic E-state index is 12.9. The van der Waals surface area contributed by atoms with Crippen molar-refractivity contribution < 1.29 is 19.1 Å². The summed E-state index contributed by atoms with van der Waals surface area (Å²) in [6.07, 6.45) is 4.02. The van der Waals surface area contributed by atoms with E-state index in [4.69, 9.17) is 9.47 Å². The first-order chi connectivity index (χ1) is 15.0. The van der Waals surface area contributed by atoms with E-state index in [1.54, 1.807) is 6.08 Å². The van der Waals surface area contributed by atoms with Crippen LogP contribution in [0.2, 0.25) is 39.3 Å². The second kappa shape index (κ2) is 11.2. The standard InChI is InChI=1S/C26H34O4Si2/c1-31(2,3)19-29-25(27)24(26(28)30-20-32(4,5)6)18-17-23(21-13-9-7-10-14-21)22-15-11-8-12-16-22/h7-18H,19-20H2,1-6H3. The normalized spacial score (nSPS) is 11.3. The number of hydrogen-bond donors (Lipinski definition) is 0. The van der Waals surface area contributed by atoms with Gasteiger partial charge >= 0.3 is 11.9 Å². The van der Waals surface area contributed by atoms with Crippen LogP contribution in [0.1, 0.15) is 11.1 Å². The van der Waals surface area contributed by atoms with Crippen molar-refractivity contribution in [2.45, 2.75) is 39.3 Å². The third kappa shape index (κ3) is 8.80. The summed E-state index contributed by atoms with van der Waals surface area (Å²) in [6.45, 7) is 12.6.